The summed E-state index contributed by atoms with van der Waals surface area (Å²) < 4.78 is 10.7. The van der Waals surface area contributed by atoms with Crippen LogP contribution in [-0.4, -0.2) is 25.7 Å². The van der Waals surface area contributed by atoms with Crippen LogP contribution in [-0.2, 0) is 6.42 Å². The van der Waals surface area contributed by atoms with E-state index in [1.165, 1.54) is 4.88 Å². The van der Waals surface area contributed by atoms with Crippen LogP contribution in [0, 0.1) is 13.8 Å². The van der Waals surface area contributed by atoms with Gasteiger partial charge in [0.1, 0.15) is 11.5 Å². The first-order chi connectivity index (χ1) is 10.1. The predicted octanol–water partition coefficient (Wildman–Crippen LogP) is 3.06. The second-order valence-corrected chi connectivity index (χ2v) is 6.24. The van der Waals surface area contributed by atoms with E-state index >= 15 is 0 Å². The lowest BCUT2D eigenvalue weighted by Gasteiger charge is -2.15. The fourth-order valence-electron chi connectivity index (χ4n) is 2.23. The maximum atomic E-state index is 5.96. The van der Waals surface area contributed by atoms with Gasteiger partial charge in [0.25, 0.3) is 0 Å². The maximum Gasteiger partial charge on any atom is 0.125 e. The van der Waals surface area contributed by atoms with Crippen molar-refractivity contribution < 1.29 is 9.47 Å². The molecule has 114 valence electrons. The molecule has 4 nitrogen and oxygen atoms in total. The summed E-state index contributed by atoms with van der Waals surface area (Å²) in [6.45, 7) is 4.70. The fraction of sp³-hybridized carbons (Fsp3) is 0.438. The number of aromatic nitrogens is 1. The number of benzene rings is 1. The van der Waals surface area contributed by atoms with Gasteiger partial charge in [-0.25, -0.2) is 4.98 Å². The molecule has 2 N–H and O–H groups in total. The minimum atomic E-state index is 0.213. The quantitative estimate of drug-likeness (QED) is 0.891. The minimum absolute atomic E-state index is 0.213. The Labute approximate surface area is 129 Å². The van der Waals surface area contributed by atoms with Crippen LogP contribution in [0.25, 0.3) is 0 Å². The highest BCUT2D eigenvalue weighted by Crippen LogP contribution is 2.31. The Hall–Kier alpha value is -1.59. The average molecular weight is 306 g/mol. The number of thiazole rings is 1. The van der Waals surface area contributed by atoms with Crippen LogP contribution < -0.4 is 15.2 Å². The number of aryl methyl sites for hydroxylation is 2. The third-order valence-corrected chi connectivity index (χ3v) is 4.87. The fourth-order valence-corrected chi connectivity index (χ4v) is 3.27. The summed E-state index contributed by atoms with van der Waals surface area (Å²) in [6, 6.07) is 5.89. The van der Waals surface area contributed by atoms with Crippen molar-refractivity contribution in [1.29, 1.82) is 0 Å². The van der Waals surface area contributed by atoms with E-state index in [-0.39, 0.29) is 5.92 Å². The molecule has 1 unspecified atom stereocenters. The highest BCUT2D eigenvalue weighted by atomic mass is 32.1. The van der Waals surface area contributed by atoms with Crippen molar-refractivity contribution in [1.82, 2.24) is 4.98 Å². The molecule has 0 spiro atoms. The van der Waals surface area contributed by atoms with Crippen molar-refractivity contribution in [3.8, 4) is 11.5 Å². The monoisotopic (exact) mass is 306 g/mol. The molecule has 0 amide bonds. The molecule has 2 rings (SSSR count). The van der Waals surface area contributed by atoms with E-state index in [1.807, 2.05) is 25.1 Å². The molecule has 2 aromatic rings. The van der Waals surface area contributed by atoms with Gasteiger partial charge in [-0.1, -0.05) is 6.07 Å². The molecule has 0 bridgehead atoms. The summed E-state index contributed by atoms with van der Waals surface area (Å²) in [7, 11) is 3.33. The first-order valence-electron chi connectivity index (χ1n) is 6.94. The van der Waals surface area contributed by atoms with Gasteiger partial charge < -0.3 is 15.2 Å². The summed E-state index contributed by atoms with van der Waals surface area (Å²) in [5, 5.41) is 1.10. The molecule has 1 aromatic heterocycles. The number of ether oxygens (including phenoxy) is 2. The van der Waals surface area contributed by atoms with Gasteiger partial charge in [-0.3, -0.25) is 0 Å². The highest BCUT2D eigenvalue weighted by Gasteiger charge is 2.18. The van der Waals surface area contributed by atoms with Crippen LogP contribution in [0.4, 0.5) is 0 Å². The number of hydrogen-bond acceptors (Lipinski definition) is 5. The predicted molar refractivity (Wildman–Crippen MR) is 86.6 cm³/mol. The van der Waals surface area contributed by atoms with Crippen LogP contribution >= 0.6 is 11.3 Å². The van der Waals surface area contributed by atoms with Gasteiger partial charge in [-0.2, -0.15) is 0 Å². The standard InChI is InChI=1S/C16H22N2O2S/c1-10-11(2)21-16(18-10)13(9-17)7-12-5-6-14(19-3)8-15(12)20-4/h5-6,8,13H,7,9,17H2,1-4H3. The molecule has 0 radical (unpaired) electrons. The van der Waals surface area contributed by atoms with Gasteiger partial charge in [0.05, 0.1) is 24.9 Å². The van der Waals surface area contributed by atoms with Gasteiger partial charge in [0.15, 0.2) is 0 Å². The molecular formula is C16H22N2O2S. The van der Waals surface area contributed by atoms with Crippen LogP contribution in [0.1, 0.15) is 27.1 Å². The van der Waals surface area contributed by atoms with E-state index in [9.17, 15) is 0 Å². The number of methoxy groups -OCH3 is 2. The van der Waals surface area contributed by atoms with E-state index in [0.717, 1.165) is 34.2 Å². The van der Waals surface area contributed by atoms with Crippen molar-refractivity contribution >= 4 is 11.3 Å². The second-order valence-electron chi connectivity index (χ2n) is 5.01. The molecule has 0 fully saturated rings. The Bertz CT molecular complexity index is 591. The number of nitrogens with zero attached hydrogens (tertiary/aromatic N) is 1. The average Bonchev–Trinajstić information content (AvgIpc) is 2.84. The molecule has 0 aliphatic rings. The Kier molecular flexibility index (Phi) is 5.20. The summed E-state index contributed by atoms with van der Waals surface area (Å²) in [6.07, 6.45) is 0.816. The van der Waals surface area contributed by atoms with Crippen molar-refractivity contribution in [3.63, 3.8) is 0 Å². The van der Waals surface area contributed by atoms with Crippen molar-refractivity contribution in [3.05, 3.63) is 39.3 Å². The summed E-state index contributed by atoms with van der Waals surface area (Å²) in [4.78, 5) is 5.89. The topological polar surface area (TPSA) is 57.4 Å². The molecule has 5 heteroatoms. The summed E-state index contributed by atoms with van der Waals surface area (Å²) >= 11 is 1.73. The zero-order valence-electron chi connectivity index (χ0n) is 13.0. The lowest BCUT2D eigenvalue weighted by molar-refractivity contribution is 0.390. The minimum Gasteiger partial charge on any atom is -0.497 e. The van der Waals surface area contributed by atoms with Crippen LogP contribution in [0.15, 0.2) is 18.2 Å². The van der Waals surface area contributed by atoms with E-state index in [2.05, 4.69) is 11.9 Å². The zero-order chi connectivity index (χ0) is 15.4. The SMILES string of the molecule is COc1ccc(CC(CN)c2nc(C)c(C)s2)c(OC)c1. The van der Waals surface area contributed by atoms with Gasteiger partial charge in [-0.15, -0.1) is 11.3 Å². The van der Waals surface area contributed by atoms with Crippen LogP contribution in [0.5, 0.6) is 11.5 Å². The molecule has 21 heavy (non-hydrogen) atoms. The molecule has 1 atom stereocenters. The number of rotatable bonds is 6. The van der Waals surface area contributed by atoms with E-state index < -0.39 is 0 Å². The van der Waals surface area contributed by atoms with Gasteiger partial charge in [0.2, 0.25) is 0 Å². The molecule has 0 saturated carbocycles. The lowest BCUT2D eigenvalue weighted by atomic mass is 9.99. The van der Waals surface area contributed by atoms with Crippen LogP contribution in [0.3, 0.4) is 0 Å². The first kappa shape index (κ1) is 15.8. The molecule has 0 aliphatic carbocycles. The Morgan fingerprint density at radius 3 is 2.52 bits per heavy atom. The van der Waals surface area contributed by atoms with Gasteiger partial charge >= 0.3 is 0 Å². The lowest BCUT2D eigenvalue weighted by Crippen LogP contribution is -2.15. The molecule has 1 heterocycles. The van der Waals surface area contributed by atoms with Crippen molar-refractivity contribution in [2.75, 3.05) is 20.8 Å². The second kappa shape index (κ2) is 6.91. The Balaban J connectivity index is 2.26. The van der Waals surface area contributed by atoms with Crippen molar-refractivity contribution in [2.45, 2.75) is 26.2 Å². The van der Waals surface area contributed by atoms with E-state index in [1.54, 1.807) is 25.6 Å². The number of hydrogen-bond donors (Lipinski definition) is 1. The highest BCUT2D eigenvalue weighted by molar-refractivity contribution is 7.11. The van der Waals surface area contributed by atoms with E-state index in [4.69, 9.17) is 15.2 Å². The molecule has 0 saturated heterocycles. The summed E-state index contributed by atoms with van der Waals surface area (Å²) in [5.74, 6) is 1.84. The largest absolute Gasteiger partial charge is 0.497 e. The van der Waals surface area contributed by atoms with E-state index in [0.29, 0.717) is 6.54 Å². The third-order valence-electron chi connectivity index (χ3n) is 3.64. The molecular weight excluding hydrogens is 284 g/mol. The third kappa shape index (κ3) is 3.54. The molecule has 0 aliphatic heterocycles. The van der Waals surface area contributed by atoms with Gasteiger partial charge in [-0.05, 0) is 31.9 Å². The van der Waals surface area contributed by atoms with Crippen molar-refractivity contribution in [2.24, 2.45) is 5.73 Å². The normalized spacial score (nSPS) is 12.2. The zero-order valence-corrected chi connectivity index (χ0v) is 13.8. The van der Waals surface area contributed by atoms with Crippen LogP contribution in [0.2, 0.25) is 0 Å². The number of nitrogens with two attached hydrogens (primary N) is 1. The Morgan fingerprint density at radius 2 is 2.00 bits per heavy atom. The Morgan fingerprint density at radius 1 is 1.24 bits per heavy atom. The van der Waals surface area contributed by atoms with Gasteiger partial charge in [0, 0.05) is 23.4 Å². The summed E-state index contributed by atoms with van der Waals surface area (Å²) in [5.41, 5.74) is 8.18. The maximum absolute atomic E-state index is 5.96. The smallest absolute Gasteiger partial charge is 0.125 e. The molecule has 1 aromatic carbocycles. The first-order valence-corrected chi connectivity index (χ1v) is 7.75.